The summed E-state index contributed by atoms with van der Waals surface area (Å²) in [6.45, 7) is 9.29. The molecular formula is C15H23NO. The maximum absolute atomic E-state index is 11.2. The molecule has 0 spiro atoms. The van der Waals surface area contributed by atoms with E-state index >= 15 is 0 Å². The number of hydrogen-bond donors (Lipinski definition) is 0. The van der Waals surface area contributed by atoms with Gasteiger partial charge in [0.05, 0.1) is 6.04 Å². The van der Waals surface area contributed by atoms with E-state index in [0.29, 0.717) is 5.92 Å². The van der Waals surface area contributed by atoms with Gasteiger partial charge in [0.15, 0.2) is 0 Å². The fourth-order valence-electron chi connectivity index (χ4n) is 2.29. The topological polar surface area (TPSA) is 20.3 Å². The predicted octanol–water partition coefficient (Wildman–Crippen LogP) is 3.56. The summed E-state index contributed by atoms with van der Waals surface area (Å²) >= 11 is 0. The SMILES string of the molecule is CCC(C)[C@H](c1ccccc1C)N(C=O)CC. The summed E-state index contributed by atoms with van der Waals surface area (Å²) in [5.41, 5.74) is 2.54. The van der Waals surface area contributed by atoms with E-state index in [2.05, 4.69) is 39.0 Å². The first-order valence-corrected chi connectivity index (χ1v) is 6.42. The number of amides is 1. The van der Waals surface area contributed by atoms with Gasteiger partial charge in [0.25, 0.3) is 0 Å². The first-order chi connectivity index (χ1) is 8.15. The molecule has 0 aliphatic rings. The number of benzene rings is 1. The zero-order chi connectivity index (χ0) is 12.8. The van der Waals surface area contributed by atoms with Gasteiger partial charge in [-0.1, -0.05) is 44.5 Å². The quantitative estimate of drug-likeness (QED) is 0.688. The van der Waals surface area contributed by atoms with E-state index in [1.54, 1.807) is 0 Å². The number of rotatable bonds is 6. The lowest BCUT2D eigenvalue weighted by Crippen LogP contribution is -2.32. The molecule has 0 saturated heterocycles. The zero-order valence-electron chi connectivity index (χ0n) is 11.3. The largest absolute Gasteiger partial charge is 0.338 e. The Balaban J connectivity index is 3.14. The van der Waals surface area contributed by atoms with Crippen molar-refractivity contribution in [2.24, 2.45) is 5.92 Å². The lowest BCUT2D eigenvalue weighted by Gasteiger charge is -2.33. The molecule has 0 N–H and O–H groups in total. The van der Waals surface area contributed by atoms with Crippen LogP contribution >= 0.6 is 0 Å². The fraction of sp³-hybridized carbons (Fsp3) is 0.533. The van der Waals surface area contributed by atoms with Crippen molar-refractivity contribution >= 4 is 6.41 Å². The van der Waals surface area contributed by atoms with Crippen LogP contribution in [0.25, 0.3) is 0 Å². The molecule has 0 bridgehead atoms. The molecule has 0 heterocycles. The van der Waals surface area contributed by atoms with Gasteiger partial charge in [0.1, 0.15) is 0 Å². The standard InChI is InChI=1S/C15H23NO/c1-5-12(3)15(16(6-2)11-17)14-10-8-7-9-13(14)4/h7-12,15H,5-6H2,1-4H3/t12?,15-/m1/s1. The lowest BCUT2D eigenvalue weighted by atomic mass is 9.89. The van der Waals surface area contributed by atoms with Crippen LogP contribution in [0, 0.1) is 12.8 Å². The molecule has 2 nitrogen and oxygen atoms in total. The minimum absolute atomic E-state index is 0.198. The Hall–Kier alpha value is -1.31. The summed E-state index contributed by atoms with van der Waals surface area (Å²) in [4.78, 5) is 13.1. The van der Waals surface area contributed by atoms with Gasteiger partial charge >= 0.3 is 0 Å². The molecule has 0 saturated carbocycles. The highest BCUT2D eigenvalue weighted by molar-refractivity contribution is 5.49. The van der Waals surface area contributed by atoms with Crippen molar-refractivity contribution < 1.29 is 4.79 Å². The molecule has 2 atom stereocenters. The Bertz CT molecular complexity index is 362. The Labute approximate surface area is 105 Å². The minimum Gasteiger partial charge on any atom is -0.338 e. The third kappa shape index (κ3) is 3.09. The minimum atomic E-state index is 0.198. The molecule has 0 aromatic heterocycles. The van der Waals surface area contributed by atoms with E-state index < -0.39 is 0 Å². The summed E-state index contributed by atoms with van der Waals surface area (Å²) in [6, 6.07) is 8.55. The Morgan fingerprint density at radius 3 is 2.41 bits per heavy atom. The van der Waals surface area contributed by atoms with E-state index in [9.17, 15) is 4.79 Å². The molecule has 0 radical (unpaired) electrons. The van der Waals surface area contributed by atoms with Crippen LogP contribution in [0.5, 0.6) is 0 Å². The highest BCUT2D eigenvalue weighted by Gasteiger charge is 2.24. The van der Waals surface area contributed by atoms with Crippen molar-refractivity contribution in [2.45, 2.75) is 40.2 Å². The summed E-state index contributed by atoms with van der Waals surface area (Å²) in [5.74, 6) is 0.473. The van der Waals surface area contributed by atoms with Crippen LogP contribution in [0.4, 0.5) is 0 Å². The maximum Gasteiger partial charge on any atom is 0.210 e. The van der Waals surface area contributed by atoms with Gasteiger partial charge in [0.2, 0.25) is 6.41 Å². The van der Waals surface area contributed by atoms with Gasteiger partial charge in [-0.2, -0.15) is 0 Å². The zero-order valence-corrected chi connectivity index (χ0v) is 11.3. The highest BCUT2D eigenvalue weighted by atomic mass is 16.1. The summed E-state index contributed by atoms with van der Waals surface area (Å²) in [5, 5.41) is 0. The van der Waals surface area contributed by atoms with Crippen LogP contribution in [-0.4, -0.2) is 17.9 Å². The molecule has 2 heteroatoms. The van der Waals surface area contributed by atoms with Crippen LogP contribution < -0.4 is 0 Å². The maximum atomic E-state index is 11.2. The second-order valence-electron chi connectivity index (χ2n) is 4.62. The number of carbonyl (C=O) groups excluding carboxylic acids is 1. The first-order valence-electron chi connectivity index (χ1n) is 6.42. The van der Waals surface area contributed by atoms with Crippen LogP contribution in [0.3, 0.4) is 0 Å². The van der Waals surface area contributed by atoms with Crippen molar-refractivity contribution in [1.29, 1.82) is 0 Å². The molecule has 1 aromatic rings. The fourth-order valence-corrected chi connectivity index (χ4v) is 2.29. The van der Waals surface area contributed by atoms with Gasteiger partial charge in [-0.3, -0.25) is 4.79 Å². The smallest absolute Gasteiger partial charge is 0.210 e. The van der Waals surface area contributed by atoms with Crippen LogP contribution in [0.2, 0.25) is 0 Å². The second kappa shape index (κ2) is 6.43. The molecule has 1 amide bonds. The first kappa shape index (κ1) is 13.8. The number of carbonyl (C=O) groups is 1. The van der Waals surface area contributed by atoms with E-state index in [4.69, 9.17) is 0 Å². The van der Waals surface area contributed by atoms with E-state index in [1.165, 1.54) is 11.1 Å². The summed E-state index contributed by atoms with van der Waals surface area (Å²) in [6.07, 6.45) is 2.05. The summed E-state index contributed by atoms with van der Waals surface area (Å²) in [7, 11) is 0. The van der Waals surface area contributed by atoms with Gasteiger partial charge in [-0.15, -0.1) is 0 Å². The Morgan fingerprint density at radius 2 is 1.94 bits per heavy atom. The number of nitrogens with zero attached hydrogens (tertiary/aromatic N) is 1. The van der Waals surface area contributed by atoms with Crippen molar-refractivity contribution in [2.75, 3.05) is 6.54 Å². The number of hydrogen-bond acceptors (Lipinski definition) is 1. The average Bonchev–Trinajstić information content (AvgIpc) is 2.36. The van der Waals surface area contributed by atoms with Crippen LogP contribution in [-0.2, 0) is 4.79 Å². The van der Waals surface area contributed by atoms with Crippen molar-refractivity contribution in [3.05, 3.63) is 35.4 Å². The lowest BCUT2D eigenvalue weighted by molar-refractivity contribution is -0.121. The van der Waals surface area contributed by atoms with Gasteiger partial charge in [0, 0.05) is 6.54 Å². The van der Waals surface area contributed by atoms with Crippen molar-refractivity contribution in [3.63, 3.8) is 0 Å². The number of aryl methyl sites for hydroxylation is 1. The molecule has 0 fully saturated rings. The molecule has 0 aliphatic carbocycles. The Kier molecular flexibility index (Phi) is 5.20. The van der Waals surface area contributed by atoms with E-state index in [0.717, 1.165) is 19.4 Å². The molecular weight excluding hydrogens is 210 g/mol. The third-order valence-corrected chi connectivity index (χ3v) is 3.55. The average molecular weight is 233 g/mol. The Morgan fingerprint density at radius 1 is 1.29 bits per heavy atom. The van der Waals surface area contributed by atoms with E-state index in [-0.39, 0.29) is 6.04 Å². The highest BCUT2D eigenvalue weighted by Crippen LogP contribution is 2.31. The third-order valence-electron chi connectivity index (χ3n) is 3.55. The van der Waals surface area contributed by atoms with Crippen molar-refractivity contribution in [1.82, 2.24) is 4.90 Å². The van der Waals surface area contributed by atoms with Gasteiger partial charge < -0.3 is 4.90 Å². The molecule has 0 aliphatic heterocycles. The van der Waals surface area contributed by atoms with Crippen molar-refractivity contribution in [3.8, 4) is 0 Å². The van der Waals surface area contributed by atoms with Crippen LogP contribution in [0.1, 0.15) is 44.4 Å². The molecule has 1 aromatic carbocycles. The predicted molar refractivity (Wildman–Crippen MR) is 71.8 cm³/mol. The second-order valence-corrected chi connectivity index (χ2v) is 4.62. The normalized spacial score (nSPS) is 14.1. The van der Waals surface area contributed by atoms with E-state index in [1.807, 2.05) is 17.9 Å². The molecule has 1 unspecified atom stereocenters. The van der Waals surface area contributed by atoms with Gasteiger partial charge in [-0.25, -0.2) is 0 Å². The summed E-state index contributed by atoms with van der Waals surface area (Å²) < 4.78 is 0. The monoisotopic (exact) mass is 233 g/mol. The molecule has 17 heavy (non-hydrogen) atoms. The molecule has 1 rings (SSSR count). The molecule has 94 valence electrons. The van der Waals surface area contributed by atoms with Gasteiger partial charge in [-0.05, 0) is 30.9 Å². The van der Waals surface area contributed by atoms with Crippen LogP contribution in [0.15, 0.2) is 24.3 Å².